The quantitative estimate of drug-likeness (QED) is 0.0367. The fraction of sp³-hybridized carbons (Fsp3) is 0.652. The summed E-state index contributed by atoms with van der Waals surface area (Å²) in [7, 11) is -16.4. The van der Waals surface area contributed by atoms with Crippen molar-refractivity contribution in [3.05, 3.63) is 12.7 Å². The Bertz CT molecular complexity index is 1720. The Kier molecular flexibility index (Phi) is 17.5. The van der Waals surface area contributed by atoms with Crippen LogP contribution in [0.1, 0.15) is 33.4 Å². The van der Waals surface area contributed by atoms with E-state index in [0.717, 1.165) is 29.0 Å². The number of aliphatic hydroxyl groups is 2. The second kappa shape index (κ2) is 19.4. The number of hydrogen-bond acceptors (Lipinski definition) is 18. The first-order valence-corrected chi connectivity index (χ1v) is 20.0. The number of aliphatic hydroxyl groups excluding tert-OH is 2. The number of phosphoric acid groups is 3. The van der Waals surface area contributed by atoms with E-state index < -0.39 is 84.6 Å². The Balaban J connectivity index is 0.00000936. The number of amides is 2. The summed E-state index contributed by atoms with van der Waals surface area (Å²) in [6, 6.07) is 0. The van der Waals surface area contributed by atoms with Crippen LogP contribution >= 0.6 is 35.2 Å². The molecule has 0 aromatic carbocycles. The zero-order chi connectivity index (χ0) is 38.4. The number of carbonyl (C=O) groups is 3. The number of nitrogens with one attached hydrogen (secondary N) is 2. The summed E-state index contributed by atoms with van der Waals surface area (Å²) in [6.45, 7) is 1.90. The van der Waals surface area contributed by atoms with E-state index in [9.17, 15) is 57.9 Å². The number of hydrogen-bond donors (Lipinski definition) is 9. The summed E-state index contributed by atoms with van der Waals surface area (Å²) in [5.74, 6) is -1.08. The smallest absolute Gasteiger partial charge is 0.386 e. The van der Waals surface area contributed by atoms with Crippen LogP contribution in [-0.2, 0) is 50.7 Å². The maximum Gasteiger partial charge on any atom is 1.00 e. The van der Waals surface area contributed by atoms with Gasteiger partial charge in [0.25, 0.3) is 0 Å². The number of thioether (sulfide) groups is 1. The SMILES string of the molecule is CC(=O)SCCNC(=O)CCNC(=O)C(O)C(C)(C)COP(=O)(O)OP(=O)(O)OC[C@H]1O[C@@H](n2cnc3c(N)ncnc32)[C@H](O)[C@@H]1OP(=O)(O)O.[Na+]. The summed E-state index contributed by atoms with van der Waals surface area (Å²) >= 11 is 1.03. The van der Waals surface area contributed by atoms with Gasteiger partial charge in [-0.05, 0) is 0 Å². The molecule has 3 heterocycles. The van der Waals surface area contributed by atoms with Crippen LogP contribution in [0.15, 0.2) is 12.7 Å². The van der Waals surface area contributed by atoms with Gasteiger partial charge >= 0.3 is 53.0 Å². The summed E-state index contributed by atoms with van der Waals surface area (Å²) in [4.78, 5) is 85.9. The van der Waals surface area contributed by atoms with Gasteiger partial charge < -0.3 is 50.9 Å². The van der Waals surface area contributed by atoms with E-state index in [2.05, 4.69) is 34.4 Å². The molecule has 0 radical (unpaired) electrons. The van der Waals surface area contributed by atoms with Crippen LogP contribution in [-0.4, -0.2) is 123 Å². The van der Waals surface area contributed by atoms with Crippen molar-refractivity contribution in [3.63, 3.8) is 0 Å². The third kappa shape index (κ3) is 14.0. The Labute approximate surface area is 321 Å². The first kappa shape index (κ1) is 46.7. The second-order valence-electron chi connectivity index (χ2n) is 11.4. The van der Waals surface area contributed by atoms with Gasteiger partial charge in [-0.25, -0.2) is 28.6 Å². The van der Waals surface area contributed by atoms with Crippen LogP contribution in [0.2, 0.25) is 0 Å². The number of nitrogens with zero attached hydrogens (tertiary/aromatic N) is 4. The fourth-order valence-electron chi connectivity index (χ4n) is 4.32. The van der Waals surface area contributed by atoms with Gasteiger partial charge in [-0.2, -0.15) is 4.31 Å². The number of nitrogens with two attached hydrogens (primary N) is 1. The molecule has 1 saturated heterocycles. The molecule has 0 bridgehead atoms. The molecule has 10 N–H and O–H groups in total. The minimum absolute atomic E-state index is 0. The van der Waals surface area contributed by atoms with E-state index in [-0.39, 0.29) is 71.2 Å². The minimum atomic E-state index is -5.56. The molecule has 1 aliphatic rings. The Morgan fingerprint density at radius 2 is 1.73 bits per heavy atom. The van der Waals surface area contributed by atoms with E-state index in [4.69, 9.17) is 19.5 Å². The molecule has 2 aromatic heterocycles. The Morgan fingerprint density at radius 3 is 2.37 bits per heavy atom. The number of imidazole rings is 1. The van der Waals surface area contributed by atoms with Gasteiger partial charge in [0, 0.05) is 37.6 Å². The molecule has 3 rings (SSSR count). The van der Waals surface area contributed by atoms with Crippen LogP contribution in [0.25, 0.3) is 11.2 Å². The van der Waals surface area contributed by atoms with Crippen molar-refractivity contribution < 1.29 is 110 Å². The number of phosphoric ester groups is 3. The third-order valence-electron chi connectivity index (χ3n) is 6.81. The number of ether oxygens (including phenoxy) is 1. The van der Waals surface area contributed by atoms with Crippen molar-refractivity contribution in [3.8, 4) is 0 Å². The fourth-order valence-corrected chi connectivity index (χ4v) is 7.65. The van der Waals surface area contributed by atoms with Gasteiger partial charge in [-0.1, -0.05) is 25.6 Å². The summed E-state index contributed by atoms with van der Waals surface area (Å²) in [5.41, 5.74) is 4.26. The van der Waals surface area contributed by atoms with E-state index in [1.165, 1.54) is 20.8 Å². The number of aromatic nitrogens is 4. The summed E-state index contributed by atoms with van der Waals surface area (Å²) in [6.07, 6.45) is -6.88. The zero-order valence-electron chi connectivity index (χ0n) is 28.1. The topological polar surface area (TPSA) is 364 Å². The van der Waals surface area contributed by atoms with E-state index >= 15 is 0 Å². The van der Waals surface area contributed by atoms with Gasteiger partial charge in [0.15, 0.2) is 22.8 Å². The van der Waals surface area contributed by atoms with E-state index in [1.807, 2.05) is 0 Å². The van der Waals surface area contributed by atoms with Crippen molar-refractivity contribution in [2.75, 3.05) is 37.8 Å². The maximum atomic E-state index is 12.6. The molecule has 288 valence electrons. The van der Waals surface area contributed by atoms with Crippen LogP contribution in [0, 0.1) is 5.41 Å². The molecule has 52 heavy (non-hydrogen) atoms. The first-order chi connectivity index (χ1) is 23.5. The standard InChI is InChI=1S/C23H38N7O17P3S.Na/c1-12(31)51-7-6-25-14(32)4-5-26-21(35)18(34)23(2,3)9-44-50(41,42)47-49(39,40)43-8-13-17(46-48(36,37)38)16(33)22(45-13)30-11-29-15-19(24)27-10-28-20(15)30;/h10-11,13,16-18,22,33-34H,4-9H2,1-3H3,(H,25,32)(H,26,35)(H,39,40)(H,41,42)(H2,24,27,28)(H2,36,37,38);/q;+1/t13-,16-,17-,18?,22-;/m1./s1. The van der Waals surface area contributed by atoms with Crippen molar-refractivity contribution >= 4 is 69.1 Å². The number of nitrogen functional groups attached to an aromatic ring is 1. The Morgan fingerprint density at radius 1 is 1.08 bits per heavy atom. The molecular formula is C23H38N7NaO17P3S+. The molecular weight excluding hydrogens is 794 g/mol. The summed E-state index contributed by atoms with van der Waals surface area (Å²) < 4.78 is 61.8. The van der Waals surface area contributed by atoms with Crippen molar-refractivity contribution in [1.82, 2.24) is 30.2 Å². The second-order valence-corrected chi connectivity index (χ2v) is 16.9. The van der Waals surface area contributed by atoms with E-state index in [1.54, 1.807) is 0 Å². The molecule has 0 saturated carbocycles. The van der Waals surface area contributed by atoms with Gasteiger partial charge in [-0.15, -0.1) is 0 Å². The molecule has 2 amide bonds. The average Bonchev–Trinajstić information content (AvgIpc) is 3.57. The molecule has 2 aromatic rings. The number of anilines is 1. The molecule has 0 aliphatic carbocycles. The van der Waals surface area contributed by atoms with Gasteiger partial charge in [0.05, 0.1) is 19.5 Å². The van der Waals surface area contributed by atoms with Crippen molar-refractivity contribution in [2.24, 2.45) is 5.41 Å². The average molecular weight is 833 g/mol. The van der Waals surface area contributed by atoms with Crippen LogP contribution in [0.5, 0.6) is 0 Å². The van der Waals surface area contributed by atoms with Crippen LogP contribution in [0.4, 0.5) is 5.82 Å². The maximum absolute atomic E-state index is 12.6. The molecule has 0 spiro atoms. The monoisotopic (exact) mass is 832 g/mol. The molecule has 3 unspecified atom stereocenters. The summed E-state index contributed by atoms with van der Waals surface area (Å²) in [5, 5.41) is 26.1. The molecule has 1 fully saturated rings. The van der Waals surface area contributed by atoms with Crippen LogP contribution in [0.3, 0.4) is 0 Å². The molecule has 29 heteroatoms. The largest absolute Gasteiger partial charge is 1.00 e. The minimum Gasteiger partial charge on any atom is -0.386 e. The number of carbonyl (C=O) groups excluding carboxylic acids is 3. The van der Waals surface area contributed by atoms with Crippen molar-refractivity contribution in [1.29, 1.82) is 0 Å². The number of rotatable bonds is 19. The Hall–Kier alpha value is -1.44. The predicted molar refractivity (Wildman–Crippen MR) is 173 cm³/mol. The molecule has 7 atom stereocenters. The molecule has 1 aliphatic heterocycles. The van der Waals surface area contributed by atoms with Gasteiger partial charge in [-0.3, -0.25) is 32.5 Å². The number of fused-ring (bicyclic) bond motifs is 1. The third-order valence-corrected chi connectivity index (χ3v) is 10.7. The first-order valence-electron chi connectivity index (χ1n) is 14.5. The predicted octanol–water partition coefficient (Wildman–Crippen LogP) is -4.31. The van der Waals surface area contributed by atoms with Gasteiger partial charge in [0.1, 0.15) is 36.3 Å². The molecule has 24 nitrogen and oxygen atoms in total. The zero-order valence-corrected chi connectivity index (χ0v) is 33.6. The normalized spacial score (nSPS) is 22.2. The van der Waals surface area contributed by atoms with Gasteiger partial charge in [0.2, 0.25) is 11.8 Å². The van der Waals surface area contributed by atoms with Crippen LogP contribution < -0.4 is 45.9 Å². The van der Waals surface area contributed by atoms with E-state index in [0.29, 0.717) is 5.75 Å². The van der Waals surface area contributed by atoms with Crippen molar-refractivity contribution in [2.45, 2.75) is 57.8 Å².